The van der Waals surface area contributed by atoms with E-state index in [1.54, 1.807) is 18.3 Å². The molecule has 0 amide bonds. The van der Waals surface area contributed by atoms with Gasteiger partial charge in [-0.15, -0.1) is 0 Å². The van der Waals surface area contributed by atoms with Crippen molar-refractivity contribution in [3.05, 3.63) is 78.5 Å². The van der Waals surface area contributed by atoms with Crippen molar-refractivity contribution in [2.75, 3.05) is 18.0 Å². The van der Waals surface area contributed by atoms with Gasteiger partial charge in [0.2, 0.25) is 10.0 Å². The number of aryl methyl sites for hydroxylation is 1. The summed E-state index contributed by atoms with van der Waals surface area (Å²) < 4.78 is 28.4. The Hall–Kier alpha value is -2.70. The van der Waals surface area contributed by atoms with Crippen molar-refractivity contribution >= 4 is 15.8 Å². The van der Waals surface area contributed by atoms with Crippen LogP contribution < -0.4 is 9.62 Å². The zero-order chi connectivity index (χ0) is 19.6. The van der Waals surface area contributed by atoms with Gasteiger partial charge in [0.25, 0.3) is 0 Å². The molecule has 0 saturated carbocycles. The lowest BCUT2D eigenvalue weighted by Gasteiger charge is -2.18. The third-order valence-electron chi connectivity index (χ3n) is 5.00. The van der Waals surface area contributed by atoms with Gasteiger partial charge in [0.15, 0.2) is 0 Å². The molecule has 1 unspecified atom stereocenters. The fourth-order valence-corrected chi connectivity index (χ4v) is 4.81. The van der Waals surface area contributed by atoms with E-state index < -0.39 is 10.0 Å². The Morgan fingerprint density at radius 2 is 1.82 bits per heavy atom. The summed E-state index contributed by atoms with van der Waals surface area (Å²) in [7, 11) is -3.55. The highest BCUT2D eigenvalue weighted by molar-refractivity contribution is 7.89. The summed E-state index contributed by atoms with van der Waals surface area (Å²) in [6.45, 7) is 3.45. The number of aromatic nitrogens is 1. The van der Waals surface area contributed by atoms with Crippen LogP contribution in [0, 0.1) is 6.92 Å². The topological polar surface area (TPSA) is 62.3 Å². The van der Waals surface area contributed by atoms with E-state index in [-0.39, 0.29) is 6.04 Å². The van der Waals surface area contributed by atoms with Gasteiger partial charge in [-0.2, -0.15) is 0 Å². The Balaban J connectivity index is 1.45. The minimum atomic E-state index is -3.55. The van der Waals surface area contributed by atoms with E-state index in [4.69, 9.17) is 0 Å². The molecule has 5 nitrogen and oxygen atoms in total. The first-order chi connectivity index (χ1) is 13.5. The van der Waals surface area contributed by atoms with E-state index in [0.29, 0.717) is 11.4 Å². The molecule has 4 rings (SSSR count). The van der Waals surface area contributed by atoms with Gasteiger partial charge in [0, 0.05) is 25.3 Å². The minimum absolute atomic E-state index is 0.122. The Bertz CT molecular complexity index is 1050. The zero-order valence-electron chi connectivity index (χ0n) is 15.7. The number of pyridine rings is 1. The van der Waals surface area contributed by atoms with Crippen molar-refractivity contribution in [2.45, 2.75) is 24.3 Å². The van der Waals surface area contributed by atoms with Crippen LogP contribution in [-0.4, -0.2) is 32.5 Å². The summed E-state index contributed by atoms with van der Waals surface area (Å²) in [5.41, 5.74) is 3.26. The smallest absolute Gasteiger partial charge is 0.240 e. The van der Waals surface area contributed by atoms with Crippen molar-refractivity contribution in [2.24, 2.45) is 0 Å². The van der Waals surface area contributed by atoms with Gasteiger partial charge in [0.1, 0.15) is 5.82 Å². The quantitative estimate of drug-likeness (QED) is 0.719. The normalized spacial score (nSPS) is 17.0. The van der Waals surface area contributed by atoms with Gasteiger partial charge in [-0.05, 0) is 48.7 Å². The van der Waals surface area contributed by atoms with Gasteiger partial charge >= 0.3 is 0 Å². The van der Waals surface area contributed by atoms with Crippen molar-refractivity contribution in [3.8, 4) is 11.1 Å². The summed E-state index contributed by atoms with van der Waals surface area (Å²) >= 11 is 0. The van der Waals surface area contributed by atoms with Gasteiger partial charge in [0.05, 0.1) is 4.90 Å². The van der Waals surface area contributed by atoms with Crippen LogP contribution in [0.4, 0.5) is 5.82 Å². The maximum atomic E-state index is 12.8. The lowest BCUT2D eigenvalue weighted by atomic mass is 10.0. The van der Waals surface area contributed by atoms with Crippen LogP contribution in [0.25, 0.3) is 11.1 Å². The largest absolute Gasteiger partial charge is 0.355 e. The molecule has 0 spiro atoms. The van der Waals surface area contributed by atoms with Crippen LogP contribution in [0.2, 0.25) is 0 Å². The Kier molecular flexibility index (Phi) is 5.15. The molecule has 1 saturated heterocycles. The molecular formula is C22H23N3O2S. The van der Waals surface area contributed by atoms with Gasteiger partial charge in [-0.25, -0.2) is 18.1 Å². The second-order valence-corrected chi connectivity index (χ2v) is 8.85. The van der Waals surface area contributed by atoms with E-state index in [0.717, 1.165) is 29.9 Å². The lowest BCUT2D eigenvalue weighted by Crippen LogP contribution is -2.37. The van der Waals surface area contributed by atoms with E-state index in [1.165, 1.54) is 5.56 Å². The molecule has 144 valence electrons. The van der Waals surface area contributed by atoms with E-state index in [9.17, 15) is 8.42 Å². The molecule has 0 bridgehead atoms. The third-order valence-corrected chi connectivity index (χ3v) is 6.54. The molecule has 1 aliphatic rings. The zero-order valence-corrected chi connectivity index (χ0v) is 16.6. The molecule has 0 radical (unpaired) electrons. The summed E-state index contributed by atoms with van der Waals surface area (Å²) in [5, 5.41) is 0. The predicted octanol–water partition coefficient (Wildman–Crippen LogP) is 3.61. The Morgan fingerprint density at radius 1 is 1.00 bits per heavy atom. The van der Waals surface area contributed by atoms with Gasteiger partial charge < -0.3 is 4.90 Å². The van der Waals surface area contributed by atoms with Crippen LogP contribution in [-0.2, 0) is 10.0 Å². The second-order valence-electron chi connectivity index (χ2n) is 7.13. The van der Waals surface area contributed by atoms with Crippen LogP contribution in [0.1, 0.15) is 12.0 Å². The first-order valence-electron chi connectivity index (χ1n) is 9.37. The van der Waals surface area contributed by atoms with Crippen LogP contribution >= 0.6 is 0 Å². The van der Waals surface area contributed by atoms with Crippen molar-refractivity contribution in [1.82, 2.24) is 9.71 Å². The molecular weight excluding hydrogens is 370 g/mol. The molecule has 1 aromatic heterocycles. The van der Waals surface area contributed by atoms with Crippen molar-refractivity contribution in [3.63, 3.8) is 0 Å². The average Bonchev–Trinajstić information content (AvgIpc) is 3.16. The number of nitrogens with zero attached hydrogens (tertiary/aromatic N) is 2. The van der Waals surface area contributed by atoms with Crippen LogP contribution in [0.15, 0.2) is 77.8 Å². The minimum Gasteiger partial charge on any atom is -0.355 e. The number of rotatable bonds is 5. The van der Waals surface area contributed by atoms with Crippen LogP contribution in [0.5, 0.6) is 0 Å². The fraction of sp³-hybridized carbons (Fsp3) is 0.227. The van der Waals surface area contributed by atoms with Crippen molar-refractivity contribution in [1.29, 1.82) is 0 Å². The first-order valence-corrected chi connectivity index (χ1v) is 10.8. The number of sulfonamides is 1. The second kappa shape index (κ2) is 7.73. The molecule has 1 aliphatic heterocycles. The molecule has 2 aromatic carbocycles. The molecule has 28 heavy (non-hydrogen) atoms. The highest BCUT2D eigenvalue weighted by Gasteiger charge is 2.27. The average molecular weight is 394 g/mol. The Morgan fingerprint density at radius 3 is 2.54 bits per heavy atom. The standard InChI is InChI=1S/C22H23N3O2S/c1-17-5-4-6-19(15-17)18-8-10-21(11-9-18)28(26,27)24-20-12-14-25(16-20)22-7-2-3-13-23-22/h2-11,13,15,20,24H,12,14,16H2,1H3. The molecule has 1 N–H and O–H groups in total. The van der Waals surface area contributed by atoms with Gasteiger partial charge in [-0.3, -0.25) is 0 Å². The maximum absolute atomic E-state index is 12.8. The highest BCUT2D eigenvalue weighted by atomic mass is 32.2. The summed E-state index contributed by atoms with van der Waals surface area (Å²) in [4.78, 5) is 6.74. The predicted molar refractivity (Wildman–Crippen MR) is 112 cm³/mol. The summed E-state index contributed by atoms with van der Waals surface area (Å²) in [5.74, 6) is 0.881. The molecule has 3 aromatic rings. The van der Waals surface area contributed by atoms with Gasteiger partial charge in [-0.1, -0.05) is 48.0 Å². The third kappa shape index (κ3) is 4.08. The SMILES string of the molecule is Cc1cccc(-c2ccc(S(=O)(=O)NC3CCN(c4ccccn4)C3)cc2)c1. The van der Waals surface area contributed by atoms with E-state index in [1.807, 2.05) is 55.5 Å². The first kappa shape index (κ1) is 18.7. The Labute approximate surface area is 166 Å². The number of hydrogen-bond acceptors (Lipinski definition) is 4. The molecule has 6 heteroatoms. The molecule has 1 atom stereocenters. The lowest BCUT2D eigenvalue weighted by molar-refractivity contribution is 0.561. The monoisotopic (exact) mass is 393 g/mol. The maximum Gasteiger partial charge on any atom is 0.240 e. The highest BCUT2D eigenvalue weighted by Crippen LogP contribution is 2.23. The number of hydrogen-bond donors (Lipinski definition) is 1. The van der Waals surface area contributed by atoms with E-state index in [2.05, 4.69) is 20.7 Å². The molecule has 2 heterocycles. The van der Waals surface area contributed by atoms with Crippen molar-refractivity contribution < 1.29 is 8.42 Å². The number of benzene rings is 2. The summed E-state index contributed by atoms with van der Waals surface area (Å²) in [6.07, 6.45) is 2.51. The summed E-state index contributed by atoms with van der Waals surface area (Å²) in [6, 6.07) is 20.9. The number of nitrogens with one attached hydrogen (secondary N) is 1. The fourth-order valence-electron chi connectivity index (χ4n) is 3.54. The molecule has 0 aliphatic carbocycles. The molecule has 1 fully saturated rings. The number of anilines is 1. The van der Waals surface area contributed by atoms with Crippen LogP contribution in [0.3, 0.4) is 0 Å². The van der Waals surface area contributed by atoms with E-state index >= 15 is 0 Å².